The summed E-state index contributed by atoms with van der Waals surface area (Å²) < 4.78 is 0. The zero-order chi connectivity index (χ0) is 11.4. The van der Waals surface area contributed by atoms with Crippen LogP contribution in [0, 0.1) is 11.1 Å². The van der Waals surface area contributed by atoms with E-state index in [9.17, 15) is 10.0 Å². The maximum absolute atomic E-state index is 11.4. The number of carbonyl (C=O) groups is 1. The summed E-state index contributed by atoms with van der Waals surface area (Å²) >= 11 is 0. The van der Waals surface area contributed by atoms with Crippen molar-refractivity contribution >= 4 is 6.03 Å². The summed E-state index contributed by atoms with van der Waals surface area (Å²) in [6, 6.07) is -0.799. The Balaban J connectivity index is 2.63. The van der Waals surface area contributed by atoms with Crippen molar-refractivity contribution in [1.82, 2.24) is 10.6 Å². The van der Waals surface area contributed by atoms with Gasteiger partial charge in [-0.05, 0) is 13.3 Å². The largest absolute Gasteiger partial charge is 0.633 e. The first-order valence-electron chi connectivity index (χ1n) is 4.99. The number of hydrogen-bond acceptors (Lipinski definition) is 4. The second kappa shape index (κ2) is 5.26. The van der Waals surface area contributed by atoms with Crippen LogP contribution in [0.3, 0.4) is 0 Å². The van der Waals surface area contributed by atoms with Crippen LogP contribution >= 0.6 is 0 Å². The van der Waals surface area contributed by atoms with Gasteiger partial charge in [-0.1, -0.05) is 0 Å². The van der Waals surface area contributed by atoms with E-state index in [4.69, 9.17) is 10.8 Å². The molecule has 0 aromatic rings. The number of urea groups is 1. The van der Waals surface area contributed by atoms with Crippen LogP contribution in [-0.4, -0.2) is 36.6 Å². The van der Waals surface area contributed by atoms with Crippen LogP contribution < -0.4 is 21.4 Å². The molecule has 0 saturated carbocycles. The van der Waals surface area contributed by atoms with E-state index < -0.39 is 6.03 Å². The van der Waals surface area contributed by atoms with E-state index >= 15 is 0 Å². The van der Waals surface area contributed by atoms with Gasteiger partial charge in [-0.15, -0.1) is 0 Å². The molecule has 4 atom stereocenters. The summed E-state index contributed by atoms with van der Waals surface area (Å²) in [4.78, 5) is 10.7. The lowest BCUT2D eigenvalue weighted by atomic mass is 9.92. The molecule has 6 N–H and O–H groups in total. The number of hydrogen-bond donors (Lipinski definition) is 5. The molecule has 0 aromatic carbocycles. The summed E-state index contributed by atoms with van der Waals surface area (Å²) in [6.45, 7) is 2.02. The molecule has 1 fully saturated rings. The standard InChI is InChI=1S/C8H18N4O3/c1-5-6(2-3-13)7(11-8(9)14)10-4-12(5)15/h5-7,10,12-13H,2-4H2,1H3,(H3,9,11,14). The Morgan fingerprint density at radius 3 is 3.00 bits per heavy atom. The number of aliphatic hydroxyl groups is 1. The smallest absolute Gasteiger partial charge is 0.313 e. The number of quaternary nitrogens is 1. The molecule has 2 amide bonds. The van der Waals surface area contributed by atoms with Crippen LogP contribution in [0.2, 0.25) is 0 Å². The van der Waals surface area contributed by atoms with Crippen molar-refractivity contribution in [2.75, 3.05) is 13.3 Å². The molecule has 0 bridgehead atoms. The molecular formula is C8H18N4O3. The second-order valence-electron chi connectivity index (χ2n) is 3.80. The highest BCUT2D eigenvalue weighted by Crippen LogP contribution is 2.12. The number of nitrogens with two attached hydrogens (primary N) is 1. The molecule has 88 valence electrons. The second-order valence-corrected chi connectivity index (χ2v) is 3.80. The van der Waals surface area contributed by atoms with Crippen molar-refractivity contribution in [2.45, 2.75) is 25.6 Å². The maximum Gasteiger partial charge on any atom is 0.313 e. The van der Waals surface area contributed by atoms with Gasteiger partial charge in [0.15, 0.2) is 0 Å². The van der Waals surface area contributed by atoms with Gasteiger partial charge in [0, 0.05) is 12.5 Å². The average Bonchev–Trinajstić information content (AvgIpc) is 2.17. The highest BCUT2D eigenvalue weighted by atomic mass is 16.5. The predicted molar refractivity (Wildman–Crippen MR) is 53.5 cm³/mol. The fraction of sp³-hybridized carbons (Fsp3) is 0.875. The maximum atomic E-state index is 11.4. The fourth-order valence-electron chi connectivity index (χ4n) is 1.93. The van der Waals surface area contributed by atoms with Crippen LogP contribution in [0.5, 0.6) is 0 Å². The molecule has 4 unspecified atom stereocenters. The molecule has 15 heavy (non-hydrogen) atoms. The van der Waals surface area contributed by atoms with Crippen molar-refractivity contribution in [1.29, 1.82) is 0 Å². The van der Waals surface area contributed by atoms with E-state index in [2.05, 4.69) is 10.6 Å². The Bertz CT molecular complexity index is 226. The molecule has 1 aliphatic heterocycles. The number of rotatable bonds is 3. The average molecular weight is 218 g/mol. The summed E-state index contributed by atoms with van der Waals surface area (Å²) in [5.74, 6) is -0.108. The lowest BCUT2D eigenvalue weighted by molar-refractivity contribution is -0.888. The Morgan fingerprint density at radius 2 is 2.47 bits per heavy atom. The molecule has 0 radical (unpaired) electrons. The van der Waals surface area contributed by atoms with E-state index in [0.717, 1.165) is 0 Å². The molecule has 0 spiro atoms. The fourth-order valence-corrected chi connectivity index (χ4v) is 1.93. The number of amides is 2. The van der Waals surface area contributed by atoms with Gasteiger partial charge in [0.1, 0.15) is 6.67 Å². The number of primary amides is 1. The SMILES string of the molecule is CC1C(CCO)C(NC(N)=O)NC[NH+]1[O-]. The van der Waals surface area contributed by atoms with Crippen LogP contribution in [0.25, 0.3) is 0 Å². The first kappa shape index (κ1) is 12.2. The minimum atomic E-state index is -0.628. The minimum absolute atomic E-state index is 0.0130. The van der Waals surface area contributed by atoms with Gasteiger partial charge < -0.3 is 26.4 Å². The van der Waals surface area contributed by atoms with Crippen molar-refractivity contribution in [3.63, 3.8) is 0 Å². The first-order chi connectivity index (χ1) is 7.06. The summed E-state index contributed by atoms with van der Waals surface area (Å²) in [5, 5.41) is 25.8. The van der Waals surface area contributed by atoms with Gasteiger partial charge >= 0.3 is 6.03 Å². The van der Waals surface area contributed by atoms with Gasteiger partial charge in [0.25, 0.3) is 0 Å². The summed E-state index contributed by atoms with van der Waals surface area (Å²) in [5.41, 5.74) is 5.02. The molecule has 0 aromatic heterocycles. The third-order valence-corrected chi connectivity index (χ3v) is 2.83. The predicted octanol–water partition coefficient (Wildman–Crippen LogP) is -2.69. The molecule has 1 heterocycles. The highest BCUT2D eigenvalue weighted by Gasteiger charge is 2.35. The lowest BCUT2D eigenvalue weighted by Crippen LogP contribution is -3.16. The molecule has 1 rings (SSSR count). The Kier molecular flexibility index (Phi) is 4.28. The zero-order valence-electron chi connectivity index (χ0n) is 8.69. The van der Waals surface area contributed by atoms with E-state index in [1.54, 1.807) is 6.92 Å². The molecular weight excluding hydrogens is 200 g/mol. The van der Waals surface area contributed by atoms with Crippen LogP contribution in [0.1, 0.15) is 13.3 Å². The van der Waals surface area contributed by atoms with Gasteiger partial charge in [0.05, 0.1) is 12.2 Å². The van der Waals surface area contributed by atoms with Crippen molar-refractivity contribution < 1.29 is 15.0 Å². The van der Waals surface area contributed by atoms with E-state index in [0.29, 0.717) is 6.42 Å². The number of carbonyl (C=O) groups excluding carboxylic acids is 1. The Morgan fingerprint density at radius 1 is 1.80 bits per heavy atom. The van der Waals surface area contributed by atoms with Crippen LogP contribution in [0.4, 0.5) is 4.79 Å². The van der Waals surface area contributed by atoms with E-state index in [-0.39, 0.29) is 36.5 Å². The molecule has 7 nitrogen and oxygen atoms in total. The highest BCUT2D eigenvalue weighted by molar-refractivity contribution is 5.71. The zero-order valence-corrected chi connectivity index (χ0v) is 8.69. The van der Waals surface area contributed by atoms with Gasteiger partial charge in [-0.25, -0.2) is 10.1 Å². The Hall–Kier alpha value is -0.890. The molecule has 1 saturated heterocycles. The summed E-state index contributed by atoms with van der Waals surface area (Å²) in [7, 11) is 0. The van der Waals surface area contributed by atoms with Crippen LogP contribution in [-0.2, 0) is 0 Å². The van der Waals surface area contributed by atoms with Gasteiger partial charge in [-0.3, -0.25) is 0 Å². The monoisotopic (exact) mass is 218 g/mol. The topological polar surface area (TPSA) is 115 Å². The van der Waals surface area contributed by atoms with Crippen molar-refractivity contribution in [3.05, 3.63) is 5.21 Å². The number of aliphatic hydroxyl groups excluding tert-OH is 1. The first-order valence-corrected chi connectivity index (χ1v) is 4.99. The van der Waals surface area contributed by atoms with E-state index in [1.807, 2.05) is 0 Å². The Labute approximate surface area is 88.2 Å². The quantitative estimate of drug-likeness (QED) is 0.332. The lowest BCUT2D eigenvalue weighted by Gasteiger charge is -2.43. The van der Waals surface area contributed by atoms with Crippen LogP contribution in [0.15, 0.2) is 0 Å². The van der Waals surface area contributed by atoms with E-state index in [1.165, 1.54) is 0 Å². The normalized spacial score (nSPS) is 36.2. The van der Waals surface area contributed by atoms with Gasteiger partial charge in [-0.2, -0.15) is 0 Å². The third kappa shape index (κ3) is 3.03. The molecule has 0 aliphatic carbocycles. The van der Waals surface area contributed by atoms with Crippen molar-refractivity contribution in [2.24, 2.45) is 11.7 Å². The van der Waals surface area contributed by atoms with Crippen molar-refractivity contribution in [3.8, 4) is 0 Å². The molecule has 1 aliphatic rings. The number of hydroxylamine groups is 2. The van der Waals surface area contributed by atoms with Gasteiger partial charge in [0.2, 0.25) is 0 Å². The number of nitrogens with one attached hydrogen (secondary N) is 3. The third-order valence-electron chi connectivity index (χ3n) is 2.83. The minimum Gasteiger partial charge on any atom is -0.633 e. The summed E-state index contributed by atoms with van der Waals surface area (Å²) in [6.07, 6.45) is 0.132. The molecule has 7 heteroatoms.